The first-order valence-corrected chi connectivity index (χ1v) is 5.05. The Morgan fingerprint density at radius 3 is 2.80 bits per heavy atom. The van der Waals surface area contributed by atoms with Crippen LogP contribution in [0.25, 0.3) is 0 Å². The van der Waals surface area contributed by atoms with Crippen LogP contribution in [-0.4, -0.2) is 20.0 Å². The predicted molar refractivity (Wildman–Crippen MR) is 58.5 cm³/mol. The highest BCUT2D eigenvalue weighted by Gasteiger charge is 2.08. The molecule has 15 heavy (non-hydrogen) atoms. The van der Waals surface area contributed by atoms with Gasteiger partial charge in [-0.05, 0) is 25.0 Å². The van der Waals surface area contributed by atoms with E-state index in [-0.39, 0.29) is 0 Å². The number of carbonyl (C=O) groups is 1. The molecule has 82 valence electrons. The molecule has 0 fully saturated rings. The van der Waals surface area contributed by atoms with E-state index in [1.165, 1.54) is 0 Å². The van der Waals surface area contributed by atoms with Crippen molar-refractivity contribution in [1.29, 1.82) is 0 Å². The van der Waals surface area contributed by atoms with Gasteiger partial charge in [0.25, 0.3) is 0 Å². The molecule has 0 saturated carbocycles. The van der Waals surface area contributed by atoms with Crippen LogP contribution in [0.1, 0.15) is 18.9 Å². The summed E-state index contributed by atoms with van der Waals surface area (Å²) >= 11 is 0. The minimum atomic E-state index is 0.506. The minimum Gasteiger partial charge on any atom is -0.493 e. The van der Waals surface area contributed by atoms with E-state index in [1.807, 2.05) is 25.1 Å². The van der Waals surface area contributed by atoms with E-state index in [0.717, 1.165) is 23.3 Å². The summed E-state index contributed by atoms with van der Waals surface area (Å²) in [6, 6.07) is 5.73. The first kappa shape index (κ1) is 11.6. The molecule has 0 unspecified atom stereocenters. The van der Waals surface area contributed by atoms with E-state index in [2.05, 4.69) is 0 Å². The van der Waals surface area contributed by atoms with Gasteiger partial charge in [0, 0.05) is 6.42 Å². The average molecular weight is 208 g/mol. The van der Waals surface area contributed by atoms with Crippen molar-refractivity contribution in [2.45, 2.75) is 19.8 Å². The third kappa shape index (κ3) is 2.98. The van der Waals surface area contributed by atoms with Crippen LogP contribution < -0.4 is 9.47 Å². The number of para-hydroxylation sites is 1. The van der Waals surface area contributed by atoms with Crippen LogP contribution in [0.5, 0.6) is 11.5 Å². The Morgan fingerprint density at radius 1 is 1.40 bits per heavy atom. The summed E-state index contributed by atoms with van der Waals surface area (Å²) in [6.07, 6.45) is 2.10. The second kappa shape index (κ2) is 6.06. The molecule has 3 heteroatoms. The molecule has 1 aromatic carbocycles. The van der Waals surface area contributed by atoms with Gasteiger partial charge in [0.1, 0.15) is 6.29 Å². The molecule has 3 nitrogen and oxygen atoms in total. The number of benzene rings is 1. The molecule has 1 rings (SSSR count). The fourth-order valence-corrected chi connectivity index (χ4v) is 1.47. The summed E-state index contributed by atoms with van der Waals surface area (Å²) in [5.74, 6) is 1.48. The smallest absolute Gasteiger partial charge is 0.163 e. The fraction of sp³-hybridized carbons (Fsp3) is 0.417. The van der Waals surface area contributed by atoms with Crippen LogP contribution in [0.4, 0.5) is 0 Å². The molecule has 0 amide bonds. The largest absolute Gasteiger partial charge is 0.493 e. The second-order valence-electron chi connectivity index (χ2n) is 3.09. The molecule has 0 aromatic heterocycles. The summed E-state index contributed by atoms with van der Waals surface area (Å²) in [6.45, 7) is 2.53. The van der Waals surface area contributed by atoms with Gasteiger partial charge in [-0.3, -0.25) is 0 Å². The van der Waals surface area contributed by atoms with Crippen molar-refractivity contribution in [3.8, 4) is 11.5 Å². The van der Waals surface area contributed by atoms with Gasteiger partial charge in [0.2, 0.25) is 0 Å². The highest BCUT2D eigenvalue weighted by atomic mass is 16.5. The summed E-state index contributed by atoms with van der Waals surface area (Å²) in [7, 11) is 1.61. The number of rotatable bonds is 6. The molecule has 0 saturated heterocycles. The lowest BCUT2D eigenvalue weighted by Gasteiger charge is -2.12. The van der Waals surface area contributed by atoms with E-state index in [9.17, 15) is 4.79 Å². The average Bonchev–Trinajstić information content (AvgIpc) is 2.27. The Kier molecular flexibility index (Phi) is 4.68. The lowest BCUT2D eigenvalue weighted by molar-refractivity contribution is -0.107. The van der Waals surface area contributed by atoms with Crippen LogP contribution in [-0.2, 0) is 11.2 Å². The van der Waals surface area contributed by atoms with Crippen molar-refractivity contribution in [2.24, 2.45) is 0 Å². The van der Waals surface area contributed by atoms with E-state index >= 15 is 0 Å². The molecule has 0 heterocycles. The highest BCUT2D eigenvalue weighted by molar-refractivity contribution is 5.52. The Morgan fingerprint density at radius 2 is 2.20 bits per heavy atom. The molecular formula is C12H16O3. The SMILES string of the molecule is CCOc1cccc(CCC=O)c1OC. The van der Waals surface area contributed by atoms with Gasteiger partial charge in [-0.15, -0.1) is 0 Å². The number of methoxy groups -OCH3 is 1. The van der Waals surface area contributed by atoms with Crippen molar-refractivity contribution < 1.29 is 14.3 Å². The number of aryl methyl sites for hydroxylation is 1. The van der Waals surface area contributed by atoms with Crippen molar-refractivity contribution in [3.05, 3.63) is 23.8 Å². The second-order valence-corrected chi connectivity index (χ2v) is 3.09. The molecule has 0 bridgehead atoms. The van der Waals surface area contributed by atoms with Gasteiger partial charge < -0.3 is 14.3 Å². The van der Waals surface area contributed by atoms with Crippen LogP contribution in [0.15, 0.2) is 18.2 Å². The molecule has 0 atom stereocenters. The van der Waals surface area contributed by atoms with Crippen molar-refractivity contribution in [1.82, 2.24) is 0 Å². The normalized spacial score (nSPS) is 9.73. The maximum atomic E-state index is 10.3. The number of hydrogen-bond donors (Lipinski definition) is 0. The number of aldehydes is 1. The number of hydrogen-bond acceptors (Lipinski definition) is 3. The molecular weight excluding hydrogens is 192 g/mol. The topological polar surface area (TPSA) is 35.5 Å². The number of ether oxygens (including phenoxy) is 2. The van der Waals surface area contributed by atoms with Crippen LogP contribution >= 0.6 is 0 Å². The zero-order chi connectivity index (χ0) is 11.1. The monoisotopic (exact) mass is 208 g/mol. The Bertz CT molecular complexity index is 321. The summed E-state index contributed by atoms with van der Waals surface area (Å²) < 4.78 is 10.7. The maximum absolute atomic E-state index is 10.3. The Hall–Kier alpha value is -1.51. The van der Waals surface area contributed by atoms with Gasteiger partial charge in [0.05, 0.1) is 13.7 Å². The summed E-state index contributed by atoms with van der Waals surface area (Å²) in [5.41, 5.74) is 1.01. The number of carbonyl (C=O) groups excluding carboxylic acids is 1. The van der Waals surface area contributed by atoms with E-state index in [1.54, 1.807) is 7.11 Å². The van der Waals surface area contributed by atoms with E-state index in [0.29, 0.717) is 19.4 Å². The minimum absolute atomic E-state index is 0.506. The van der Waals surface area contributed by atoms with Crippen molar-refractivity contribution in [2.75, 3.05) is 13.7 Å². The molecule has 0 aliphatic carbocycles. The van der Waals surface area contributed by atoms with E-state index < -0.39 is 0 Å². The van der Waals surface area contributed by atoms with Gasteiger partial charge in [-0.1, -0.05) is 12.1 Å². The van der Waals surface area contributed by atoms with Gasteiger partial charge >= 0.3 is 0 Å². The van der Waals surface area contributed by atoms with Crippen LogP contribution in [0, 0.1) is 0 Å². The quantitative estimate of drug-likeness (QED) is 0.672. The predicted octanol–water partition coefficient (Wildman–Crippen LogP) is 2.23. The standard InChI is InChI=1S/C12H16O3/c1-3-15-11-8-4-6-10(7-5-9-13)12(11)14-2/h4,6,8-9H,3,5,7H2,1-2H3. The zero-order valence-electron chi connectivity index (χ0n) is 9.16. The zero-order valence-corrected chi connectivity index (χ0v) is 9.16. The van der Waals surface area contributed by atoms with Crippen LogP contribution in [0.2, 0.25) is 0 Å². The molecule has 0 N–H and O–H groups in total. The molecule has 0 radical (unpaired) electrons. The molecule has 0 aliphatic heterocycles. The van der Waals surface area contributed by atoms with Crippen molar-refractivity contribution >= 4 is 6.29 Å². The van der Waals surface area contributed by atoms with Gasteiger partial charge in [-0.2, -0.15) is 0 Å². The fourth-order valence-electron chi connectivity index (χ4n) is 1.47. The highest BCUT2D eigenvalue weighted by Crippen LogP contribution is 2.31. The molecule has 0 aliphatic rings. The summed E-state index contributed by atoms with van der Waals surface area (Å²) in [5, 5.41) is 0. The Labute approximate surface area is 90.0 Å². The lowest BCUT2D eigenvalue weighted by Crippen LogP contribution is -1.99. The third-order valence-corrected chi connectivity index (χ3v) is 2.10. The van der Waals surface area contributed by atoms with E-state index in [4.69, 9.17) is 9.47 Å². The Balaban J connectivity index is 2.93. The first-order chi connectivity index (χ1) is 7.33. The lowest BCUT2D eigenvalue weighted by atomic mass is 10.1. The van der Waals surface area contributed by atoms with Crippen LogP contribution in [0.3, 0.4) is 0 Å². The third-order valence-electron chi connectivity index (χ3n) is 2.10. The first-order valence-electron chi connectivity index (χ1n) is 5.05. The van der Waals surface area contributed by atoms with Gasteiger partial charge in [0.15, 0.2) is 11.5 Å². The van der Waals surface area contributed by atoms with Crippen molar-refractivity contribution in [3.63, 3.8) is 0 Å². The molecule has 1 aromatic rings. The molecule has 0 spiro atoms. The maximum Gasteiger partial charge on any atom is 0.163 e. The summed E-state index contributed by atoms with van der Waals surface area (Å²) in [4.78, 5) is 10.3. The van der Waals surface area contributed by atoms with Gasteiger partial charge in [-0.25, -0.2) is 0 Å².